The molecule has 1 fully saturated rings. The third-order valence-corrected chi connectivity index (χ3v) is 7.92. The lowest BCUT2D eigenvalue weighted by molar-refractivity contribution is -0.149. The Morgan fingerprint density at radius 2 is 2.03 bits per heavy atom. The first-order valence-corrected chi connectivity index (χ1v) is 13.8. The van der Waals surface area contributed by atoms with E-state index in [2.05, 4.69) is 21.2 Å². The van der Waals surface area contributed by atoms with Crippen LogP contribution in [0.15, 0.2) is 48.8 Å². The van der Waals surface area contributed by atoms with Crippen molar-refractivity contribution in [2.45, 2.75) is 58.2 Å². The molecule has 2 aromatic heterocycles. The van der Waals surface area contributed by atoms with E-state index in [9.17, 15) is 19.7 Å². The normalized spacial score (nSPS) is 25.2. The van der Waals surface area contributed by atoms with Gasteiger partial charge in [-0.15, -0.1) is 0 Å². The molecule has 13 nitrogen and oxygen atoms in total. The number of nitrogen functional groups attached to an aromatic ring is 1. The lowest BCUT2D eigenvalue weighted by Crippen LogP contribution is -2.39. The molecule has 0 saturated carbocycles. The summed E-state index contributed by atoms with van der Waals surface area (Å²) in [6, 6.07) is 12.7. The van der Waals surface area contributed by atoms with Crippen molar-refractivity contribution in [1.29, 1.82) is 5.26 Å². The Hall–Kier alpha value is -3.53. The molecule has 0 unspecified atom stereocenters. The first-order valence-electron chi connectivity index (χ1n) is 12.3. The van der Waals surface area contributed by atoms with Crippen LogP contribution < -0.4 is 15.3 Å². The Bertz CT molecular complexity index is 1410. The number of rotatable bonds is 10. The van der Waals surface area contributed by atoms with Crippen LogP contribution in [0.2, 0.25) is 0 Å². The Kier molecular flexibility index (Phi) is 8.25. The number of aliphatic hydroxyl groups excluding tert-OH is 1. The molecule has 1 aromatic carbocycles. The van der Waals surface area contributed by atoms with Gasteiger partial charge in [0.1, 0.15) is 47.4 Å². The zero-order chi connectivity index (χ0) is 28.4. The number of nitrogens with zero attached hydrogens (tertiary/aromatic N) is 4. The number of nitriles is 1. The third kappa shape index (κ3) is 5.90. The second-order valence-corrected chi connectivity index (χ2v) is 11.3. The minimum Gasteiger partial charge on any atom is -0.462 e. The Labute approximate surface area is 225 Å². The largest absolute Gasteiger partial charge is 0.462 e. The molecule has 3 heterocycles. The molecule has 208 valence electrons. The van der Waals surface area contributed by atoms with Gasteiger partial charge in [-0.2, -0.15) is 15.4 Å². The second kappa shape index (κ2) is 11.3. The number of hydrogen-bond donors (Lipinski definition) is 3. The average molecular weight is 559 g/mol. The van der Waals surface area contributed by atoms with Gasteiger partial charge >= 0.3 is 13.7 Å². The summed E-state index contributed by atoms with van der Waals surface area (Å²) < 4.78 is 37.9. The van der Waals surface area contributed by atoms with E-state index in [-0.39, 0.29) is 17.7 Å². The SMILES string of the molecule is CC(C)OC(=O)[C@H](C)N[P@@](=O)(OC[C@H]1O[C@@H](c2ccc3c(N)ncnn23)[C@](C)(C#N)[C@@H]1O)Oc1ccccc1. The highest BCUT2D eigenvalue weighted by Crippen LogP contribution is 2.50. The summed E-state index contributed by atoms with van der Waals surface area (Å²) in [5.74, 6) is -0.188. The van der Waals surface area contributed by atoms with Crippen LogP contribution in [0.5, 0.6) is 5.75 Å². The van der Waals surface area contributed by atoms with Gasteiger partial charge in [0.15, 0.2) is 5.82 Å². The minimum absolute atomic E-state index is 0.224. The van der Waals surface area contributed by atoms with Crippen molar-refractivity contribution in [3.8, 4) is 11.8 Å². The van der Waals surface area contributed by atoms with Crippen molar-refractivity contribution >= 4 is 25.1 Å². The predicted molar refractivity (Wildman–Crippen MR) is 139 cm³/mol. The Morgan fingerprint density at radius 1 is 1.31 bits per heavy atom. The molecule has 4 N–H and O–H groups in total. The van der Waals surface area contributed by atoms with Crippen LogP contribution in [0.25, 0.3) is 5.52 Å². The zero-order valence-electron chi connectivity index (χ0n) is 21.9. The topological polar surface area (TPSA) is 183 Å². The number of aromatic nitrogens is 3. The van der Waals surface area contributed by atoms with Gasteiger partial charge in [-0.05, 0) is 52.0 Å². The molecule has 0 bridgehead atoms. The number of nitrogens with one attached hydrogen (secondary N) is 1. The number of fused-ring (bicyclic) bond motifs is 1. The van der Waals surface area contributed by atoms with Gasteiger partial charge in [0.2, 0.25) is 0 Å². The van der Waals surface area contributed by atoms with E-state index in [1.807, 2.05) is 0 Å². The van der Waals surface area contributed by atoms with Crippen LogP contribution >= 0.6 is 7.75 Å². The third-order valence-electron chi connectivity index (χ3n) is 6.28. The van der Waals surface area contributed by atoms with Gasteiger partial charge < -0.3 is 24.8 Å². The summed E-state index contributed by atoms with van der Waals surface area (Å²) in [6.45, 7) is 5.96. The van der Waals surface area contributed by atoms with Crippen LogP contribution in [-0.4, -0.2) is 56.6 Å². The lowest BCUT2D eigenvalue weighted by Gasteiger charge is -2.26. The maximum Gasteiger partial charge on any atom is 0.459 e. The first-order chi connectivity index (χ1) is 18.5. The van der Waals surface area contributed by atoms with Crippen LogP contribution in [-0.2, 0) is 23.4 Å². The maximum atomic E-state index is 13.8. The quantitative estimate of drug-likeness (QED) is 0.245. The molecule has 1 saturated heterocycles. The van der Waals surface area contributed by atoms with Gasteiger partial charge in [-0.3, -0.25) is 9.32 Å². The number of nitrogens with two attached hydrogens (primary N) is 1. The highest BCUT2D eigenvalue weighted by atomic mass is 31.2. The summed E-state index contributed by atoms with van der Waals surface area (Å²) in [4.78, 5) is 16.3. The average Bonchev–Trinajstić information content (AvgIpc) is 3.43. The van der Waals surface area contributed by atoms with Crippen LogP contribution in [0.3, 0.4) is 0 Å². The monoisotopic (exact) mass is 558 g/mol. The number of para-hydroxylation sites is 1. The van der Waals surface area contributed by atoms with Crippen molar-refractivity contribution in [3.63, 3.8) is 0 Å². The number of carbonyl (C=O) groups is 1. The van der Waals surface area contributed by atoms with E-state index in [1.54, 1.807) is 63.2 Å². The van der Waals surface area contributed by atoms with E-state index in [0.29, 0.717) is 11.2 Å². The Balaban J connectivity index is 1.57. The summed E-state index contributed by atoms with van der Waals surface area (Å²) in [6.07, 6.45) is -2.48. The molecule has 1 aliphatic rings. The molecule has 4 rings (SSSR count). The molecule has 0 aliphatic carbocycles. The van der Waals surface area contributed by atoms with Crippen molar-refractivity contribution < 1.29 is 33.0 Å². The van der Waals surface area contributed by atoms with Gasteiger partial charge in [-0.25, -0.2) is 14.1 Å². The minimum atomic E-state index is -4.22. The smallest absolute Gasteiger partial charge is 0.459 e. The summed E-state index contributed by atoms with van der Waals surface area (Å²) in [5.41, 5.74) is 5.50. The number of ether oxygens (including phenoxy) is 2. The van der Waals surface area contributed by atoms with E-state index >= 15 is 0 Å². The molecular formula is C25H31N6O7P. The molecule has 0 amide bonds. The number of aliphatic hydroxyl groups is 1. The van der Waals surface area contributed by atoms with Gasteiger partial charge in [0.25, 0.3) is 0 Å². The van der Waals surface area contributed by atoms with Gasteiger partial charge in [0, 0.05) is 0 Å². The standard InChI is InChI=1S/C25H31N6O7P/c1-15(2)36-24(33)16(3)30-39(34,38-17-8-6-5-7-9-17)35-12-20-21(32)25(4,13-26)22(37-20)18-10-11-19-23(27)28-14-29-31(18)19/h5-11,14-16,20-22,32H,12H2,1-4H3,(H,30,34)(H2,27,28,29)/t16-,20+,21+,22-,25+,39+/m0/s1. The van der Waals surface area contributed by atoms with Crippen LogP contribution in [0.1, 0.15) is 39.5 Å². The second-order valence-electron chi connectivity index (χ2n) is 9.63. The van der Waals surface area contributed by atoms with Gasteiger partial charge in [0.05, 0.1) is 24.5 Å². The molecule has 6 atom stereocenters. The molecule has 14 heteroatoms. The highest BCUT2D eigenvalue weighted by Gasteiger charge is 2.55. The summed E-state index contributed by atoms with van der Waals surface area (Å²) >= 11 is 0. The fourth-order valence-corrected chi connectivity index (χ4v) is 5.74. The molecule has 0 spiro atoms. The molecule has 0 radical (unpaired) electrons. The van der Waals surface area contributed by atoms with E-state index < -0.39 is 50.1 Å². The number of anilines is 1. The van der Waals surface area contributed by atoms with Crippen molar-refractivity contribution in [1.82, 2.24) is 19.7 Å². The van der Waals surface area contributed by atoms with Crippen molar-refractivity contribution in [2.24, 2.45) is 5.41 Å². The molecular weight excluding hydrogens is 527 g/mol. The fraction of sp³-hybridized carbons (Fsp3) is 0.440. The molecule has 3 aromatic rings. The van der Waals surface area contributed by atoms with Crippen LogP contribution in [0.4, 0.5) is 5.82 Å². The summed E-state index contributed by atoms with van der Waals surface area (Å²) in [7, 11) is -4.22. The predicted octanol–water partition coefficient (Wildman–Crippen LogP) is 2.78. The van der Waals surface area contributed by atoms with Crippen molar-refractivity contribution in [2.75, 3.05) is 12.3 Å². The number of esters is 1. The number of benzene rings is 1. The highest BCUT2D eigenvalue weighted by molar-refractivity contribution is 7.52. The van der Waals surface area contributed by atoms with Gasteiger partial charge in [-0.1, -0.05) is 18.2 Å². The molecule has 39 heavy (non-hydrogen) atoms. The summed E-state index contributed by atoms with van der Waals surface area (Å²) in [5, 5.41) is 28.0. The maximum absolute atomic E-state index is 13.8. The van der Waals surface area contributed by atoms with E-state index in [0.717, 1.165) is 0 Å². The first kappa shape index (κ1) is 28.5. The van der Waals surface area contributed by atoms with E-state index in [1.165, 1.54) is 17.8 Å². The number of hydrogen-bond acceptors (Lipinski definition) is 11. The fourth-order valence-electron chi connectivity index (χ4n) is 4.24. The van der Waals surface area contributed by atoms with Crippen molar-refractivity contribution in [3.05, 3.63) is 54.5 Å². The zero-order valence-corrected chi connectivity index (χ0v) is 22.8. The lowest BCUT2D eigenvalue weighted by atomic mass is 9.79. The molecule has 1 aliphatic heterocycles. The van der Waals surface area contributed by atoms with E-state index in [4.69, 9.17) is 24.3 Å². The van der Waals surface area contributed by atoms with Crippen LogP contribution in [0, 0.1) is 16.7 Å². The Morgan fingerprint density at radius 3 is 2.69 bits per heavy atom. The number of carbonyl (C=O) groups excluding carboxylic acids is 1.